The second-order valence-electron chi connectivity index (χ2n) is 7.66. The fourth-order valence-electron chi connectivity index (χ4n) is 3.50. The highest BCUT2D eigenvalue weighted by molar-refractivity contribution is 5.68. The van der Waals surface area contributed by atoms with E-state index in [2.05, 4.69) is 5.32 Å². The van der Waals surface area contributed by atoms with Gasteiger partial charge in [0.15, 0.2) is 0 Å². The lowest BCUT2D eigenvalue weighted by Crippen LogP contribution is -2.40. The van der Waals surface area contributed by atoms with Gasteiger partial charge < -0.3 is 19.7 Å². The van der Waals surface area contributed by atoms with Crippen molar-refractivity contribution in [3.05, 3.63) is 0 Å². The third-order valence-corrected chi connectivity index (χ3v) is 4.74. The molecule has 2 heterocycles. The van der Waals surface area contributed by atoms with E-state index < -0.39 is 5.60 Å². The Morgan fingerprint density at radius 2 is 2.00 bits per heavy atom. The van der Waals surface area contributed by atoms with Gasteiger partial charge in [-0.2, -0.15) is 0 Å². The summed E-state index contributed by atoms with van der Waals surface area (Å²) in [6.07, 6.45) is 4.41. The summed E-state index contributed by atoms with van der Waals surface area (Å²) in [6, 6.07) is 0.482. The Hall–Kier alpha value is -0.810. The van der Waals surface area contributed by atoms with Crippen molar-refractivity contribution in [1.29, 1.82) is 0 Å². The third kappa shape index (κ3) is 5.13. The van der Waals surface area contributed by atoms with Crippen LogP contribution < -0.4 is 5.32 Å². The molecule has 0 bridgehead atoms. The molecule has 22 heavy (non-hydrogen) atoms. The first-order valence-corrected chi connectivity index (χ1v) is 8.62. The van der Waals surface area contributed by atoms with Gasteiger partial charge in [0, 0.05) is 32.3 Å². The number of rotatable bonds is 4. The first-order valence-electron chi connectivity index (χ1n) is 8.62. The molecular weight excluding hydrogens is 280 g/mol. The topological polar surface area (TPSA) is 50.8 Å². The van der Waals surface area contributed by atoms with Crippen LogP contribution in [0.2, 0.25) is 0 Å². The summed E-state index contributed by atoms with van der Waals surface area (Å²) in [6.45, 7) is 9.17. The first kappa shape index (κ1) is 17.5. The number of ether oxygens (including phenoxy) is 2. The average molecular weight is 312 g/mol. The number of nitrogens with zero attached hydrogens (tertiary/aromatic N) is 1. The summed E-state index contributed by atoms with van der Waals surface area (Å²) >= 11 is 0. The molecule has 0 saturated carbocycles. The molecule has 0 spiro atoms. The molecule has 2 aliphatic heterocycles. The SMILES string of the molecule is CNC(CC1CCOCC1)C1CCN(C(=O)OC(C)(C)C)C1. The van der Waals surface area contributed by atoms with Gasteiger partial charge in [0.05, 0.1) is 0 Å². The lowest BCUT2D eigenvalue weighted by atomic mass is 9.86. The Bertz CT molecular complexity index is 361. The summed E-state index contributed by atoms with van der Waals surface area (Å²) in [5, 5.41) is 3.48. The molecule has 0 aromatic heterocycles. The van der Waals surface area contributed by atoms with Crippen molar-refractivity contribution in [3.8, 4) is 0 Å². The fraction of sp³-hybridized carbons (Fsp3) is 0.941. The number of carbonyl (C=O) groups excluding carboxylic acids is 1. The molecule has 2 fully saturated rings. The van der Waals surface area contributed by atoms with Gasteiger partial charge >= 0.3 is 6.09 Å². The lowest BCUT2D eigenvalue weighted by molar-refractivity contribution is 0.0282. The van der Waals surface area contributed by atoms with Gasteiger partial charge in [-0.15, -0.1) is 0 Å². The minimum absolute atomic E-state index is 0.170. The standard InChI is InChI=1S/C17H32N2O3/c1-17(2,3)22-16(20)19-8-5-14(12-19)15(18-4)11-13-6-9-21-10-7-13/h13-15,18H,5-12H2,1-4H3. The maximum absolute atomic E-state index is 12.2. The molecule has 2 saturated heterocycles. The zero-order valence-corrected chi connectivity index (χ0v) is 14.6. The summed E-state index contributed by atoms with van der Waals surface area (Å²) in [5.41, 5.74) is -0.417. The summed E-state index contributed by atoms with van der Waals surface area (Å²) < 4.78 is 10.9. The van der Waals surface area contributed by atoms with E-state index in [9.17, 15) is 4.79 Å². The largest absolute Gasteiger partial charge is 0.444 e. The van der Waals surface area contributed by atoms with Crippen molar-refractivity contribution in [2.45, 2.75) is 58.1 Å². The van der Waals surface area contributed by atoms with Crippen molar-refractivity contribution in [1.82, 2.24) is 10.2 Å². The summed E-state index contributed by atoms with van der Waals surface area (Å²) in [5.74, 6) is 1.28. The van der Waals surface area contributed by atoms with Crippen LogP contribution in [0.25, 0.3) is 0 Å². The molecule has 2 rings (SSSR count). The number of hydrogen-bond acceptors (Lipinski definition) is 4. The van der Waals surface area contributed by atoms with Crippen LogP contribution in [-0.4, -0.2) is 56.0 Å². The van der Waals surface area contributed by atoms with E-state index in [0.29, 0.717) is 12.0 Å². The number of carbonyl (C=O) groups is 1. The molecule has 0 aromatic rings. The molecule has 2 unspecified atom stereocenters. The maximum atomic E-state index is 12.2. The summed E-state index contributed by atoms with van der Waals surface area (Å²) in [4.78, 5) is 14.0. The average Bonchev–Trinajstić information content (AvgIpc) is 2.94. The van der Waals surface area contributed by atoms with Gasteiger partial charge in [0.1, 0.15) is 5.60 Å². The van der Waals surface area contributed by atoms with Crippen LogP contribution in [0, 0.1) is 11.8 Å². The van der Waals surface area contributed by atoms with Crippen LogP contribution in [0.5, 0.6) is 0 Å². The van der Waals surface area contributed by atoms with Crippen LogP contribution in [0.1, 0.15) is 46.5 Å². The molecule has 1 amide bonds. The number of hydrogen-bond donors (Lipinski definition) is 1. The normalized spacial score (nSPS) is 25.3. The Balaban J connectivity index is 1.83. The zero-order valence-electron chi connectivity index (χ0n) is 14.6. The fourth-order valence-corrected chi connectivity index (χ4v) is 3.50. The van der Waals surface area contributed by atoms with Crippen LogP contribution in [0.4, 0.5) is 4.79 Å². The lowest BCUT2D eigenvalue weighted by Gasteiger charge is -2.30. The van der Waals surface area contributed by atoms with E-state index in [0.717, 1.165) is 38.6 Å². The van der Waals surface area contributed by atoms with Crippen LogP contribution in [-0.2, 0) is 9.47 Å². The number of likely N-dealkylation sites (tertiary alicyclic amines) is 1. The molecule has 5 nitrogen and oxygen atoms in total. The van der Waals surface area contributed by atoms with Gasteiger partial charge in [0.25, 0.3) is 0 Å². The quantitative estimate of drug-likeness (QED) is 0.867. The highest BCUT2D eigenvalue weighted by Gasteiger charge is 2.34. The van der Waals surface area contributed by atoms with E-state index >= 15 is 0 Å². The monoisotopic (exact) mass is 312 g/mol. The van der Waals surface area contributed by atoms with Crippen molar-refractivity contribution < 1.29 is 14.3 Å². The van der Waals surface area contributed by atoms with Crippen molar-refractivity contribution >= 4 is 6.09 Å². The molecule has 2 aliphatic rings. The van der Waals surface area contributed by atoms with Gasteiger partial charge in [-0.05, 0) is 65.3 Å². The molecular formula is C17H32N2O3. The Morgan fingerprint density at radius 3 is 2.59 bits per heavy atom. The van der Waals surface area contributed by atoms with Crippen LogP contribution in [0.15, 0.2) is 0 Å². The van der Waals surface area contributed by atoms with Crippen molar-refractivity contribution in [2.24, 2.45) is 11.8 Å². The molecule has 0 radical (unpaired) electrons. The van der Waals surface area contributed by atoms with Crippen LogP contribution in [0.3, 0.4) is 0 Å². The Kier molecular flexibility index (Phi) is 6.09. The predicted octanol–water partition coefficient (Wildman–Crippen LogP) is 2.65. The minimum atomic E-state index is -0.417. The van der Waals surface area contributed by atoms with Crippen molar-refractivity contribution in [3.63, 3.8) is 0 Å². The molecule has 0 aliphatic carbocycles. The smallest absolute Gasteiger partial charge is 0.410 e. The highest BCUT2D eigenvalue weighted by Crippen LogP contribution is 2.28. The second kappa shape index (κ2) is 7.64. The molecule has 5 heteroatoms. The third-order valence-electron chi connectivity index (χ3n) is 4.74. The molecule has 1 N–H and O–H groups in total. The van der Waals surface area contributed by atoms with E-state index in [4.69, 9.17) is 9.47 Å². The van der Waals surface area contributed by atoms with E-state index in [1.807, 2.05) is 32.7 Å². The van der Waals surface area contributed by atoms with Gasteiger partial charge in [-0.3, -0.25) is 0 Å². The van der Waals surface area contributed by atoms with E-state index in [-0.39, 0.29) is 6.09 Å². The highest BCUT2D eigenvalue weighted by atomic mass is 16.6. The van der Waals surface area contributed by atoms with Gasteiger partial charge in [0.2, 0.25) is 0 Å². The van der Waals surface area contributed by atoms with Gasteiger partial charge in [-0.25, -0.2) is 4.79 Å². The van der Waals surface area contributed by atoms with Gasteiger partial charge in [-0.1, -0.05) is 0 Å². The Morgan fingerprint density at radius 1 is 1.32 bits per heavy atom. The maximum Gasteiger partial charge on any atom is 0.410 e. The molecule has 0 aromatic carbocycles. The summed E-state index contributed by atoms with van der Waals surface area (Å²) in [7, 11) is 2.04. The number of amides is 1. The zero-order chi connectivity index (χ0) is 16.2. The van der Waals surface area contributed by atoms with Crippen molar-refractivity contribution in [2.75, 3.05) is 33.4 Å². The first-order chi connectivity index (χ1) is 10.4. The minimum Gasteiger partial charge on any atom is -0.444 e. The predicted molar refractivity (Wildman–Crippen MR) is 86.9 cm³/mol. The van der Waals surface area contributed by atoms with E-state index in [1.165, 1.54) is 19.3 Å². The molecule has 128 valence electrons. The number of nitrogens with one attached hydrogen (secondary N) is 1. The Labute approximate surface area is 134 Å². The molecule has 2 atom stereocenters. The van der Waals surface area contributed by atoms with E-state index in [1.54, 1.807) is 0 Å². The van der Waals surface area contributed by atoms with Crippen LogP contribution >= 0.6 is 0 Å². The second-order valence-corrected chi connectivity index (χ2v) is 7.66.